The van der Waals surface area contributed by atoms with Crippen molar-refractivity contribution in [2.75, 3.05) is 13.7 Å². The second kappa shape index (κ2) is 7.07. The van der Waals surface area contributed by atoms with E-state index in [4.69, 9.17) is 4.52 Å². The summed E-state index contributed by atoms with van der Waals surface area (Å²) in [7, 11) is 1.27. The Hall–Kier alpha value is -3.09. The summed E-state index contributed by atoms with van der Waals surface area (Å²) in [5.41, 5.74) is 0.710. The Bertz CT molecular complexity index is 705. The first-order chi connectivity index (χ1) is 10.6. The largest absolute Gasteiger partial charge is 0.508 e. The Morgan fingerprint density at radius 3 is 2.95 bits per heavy atom. The van der Waals surface area contributed by atoms with Gasteiger partial charge in [0.2, 0.25) is 0 Å². The number of esters is 1. The molecule has 0 spiro atoms. The van der Waals surface area contributed by atoms with E-state index in [-0.39, 0.29) is 18.0 Å². The molecule has 0 radical (unpaired) electrons. The molecule has 0 unspecified atom stereocenters. The smallest absolute Gasteiger partial charge is 0.330 e. The van der Waals surface area contributed by atoms with Crippen LogP contribution < -0.4 is 5.32 Å². The van der Waals surface area contributed by atoms with Crippen molar-refractivity contribution in [1.82, 2.24) is 10.5 Å². The van der Waals surface area contributed by atoms with E-state index in [2.05, 4.69) is 15.2 Å². The molecule has 2 aromatic rings. The quantitative estimate of drug-likeness (QED) is 0.641. The summed E-state index contributed by atoms with van der Waals surface area (Å²) in [6.07, 6.45) is 2.67. The number of nitrogens with zero attached hydrogens (tertiary/aromatic N) is 1. The predicted octanol–water partition coefficient (Wildman–Crippen LogP) is 1.51. The first-order valence-corrected chi connectivity index (χ1v) is 6.39. The minimum absolute atomic E-state index is 0.0906. The molecular weight excluding hydrogens is 288 g/mol. The van der Waals surface area contributed by atoms with Gasteiger partial charge in [0.1, 0.15) is 5.75 Å². The molecule has 7 nitrogen and oxygen atoms in total. The number of aromatic hydroxyl groups is 1. The van der Waals surface area contributed by atoms with Crippen LogP contribution in [0.4, 0.5) is 0 Å². The number of hydrogen-bond donors (Lipinski definition) is 2. The van der Waals surface area contributed by atoms with Crippen molar-refractivity contribution in [3.8, 4) is 17.1 Å². The summed E-state index contributed by atoms with van der Waals surface area (Å²) in [6, 6.07) is 7.88. The average Bonchev–Trinajstić information content (AvgIpc) is 3.01. The minimum Gasteiger partial charge on any atom is -0.508 e. The lowest BCUT2D eigenvalue weighted by molar-refractivity contribution is -0.134. The van der Waals surface area contributed by atoms with Gasteiger partial charge >= 0.3 is 5.97 Å². The van der Waals surface area contributed by atoms with Crippen LogP contribution in [0.1, 0.15) is 10.5 Å². The molecule has 22 heavy (non-hydrogen) atoms. The van der Waals surface area contributed by atoms with Crippen molar-refractivity contribution in [3.63, 3.8) is 0 Å². The molecule has 1 aromatic carbocycles. The van der Waals surface area contributed by atoms with Crippen LogP contribution in [0.15, 0.2) is 47.0 Å². The Balaban J connectivity index is 1.98. The van der Waals surface area contributed by atoms with E-state index in [1.807, 2.05) is 0 Å². The Morgan fingerprint density at radius 2 is 2.23 bits per heavy atom. The van der Waals surface area contributed by atoms with E-state index in [1.165, 1.54) is 37.5 Å². The second-order valence-corrected chi connectivity index (χ2v) is 4.26. The number of phenolic OH excluding ortho intramolecular Hbond substituents is 1. The van der Waals surface area contributed by atoms with Gasteiger partial charge in [0, 0.05) is 24.3 Å². The van der Waals surface area contributed by atoms with Crippen LogP contribution in [0.5, 0.6) is 5.75 Å². The number of nitrogens with one attached hydrogen (secondary N) is 1. The molecule has 1 aromatic heterocycles. The van der Waals surface area contributed by atoms with Gasteiger partial charge < -0.3 is 19.7 Å². The fourth-order valence-electron chi connectivity index (χ4n) is 1.64. The van der Waals surface area contributed by atoms with Crippen LogP contribution in [-0.2, 0) is 9.53 Å². The second-order valence-electron chi connectivity index (χ2n) is 4.26. The van der Waals surface area contributed by atoms with E-state index in [9.17, 15) is 14.7 Å². The number of aromatic nitrogens is 1. The van der Waals surface area contributed by atoms with Crippen molar-refractivity contribution < 1.29 is 24.0 Å². The Kier molecular flexibility index (Phi) is 4.92. The van der Waals surface area contributed by atoms with Crippen LogP contribution in [0.3, 0.4) is 0 Å². The molecular formula is C15H14N2O5. The molecule has 0 saturated carbocycles. The van der Waals surface area contributed by atoms with Crippen LogP contribution in [0.2, 0.25) is 0 Å². The lowest BCUT2D eigenvalue weighted by Gasteiger charge is -1.97. The van der Waals surface area contributed by atoms with Gasteiger partial charge in [-0.1, -0.05) is 23.4 Å². The molecule has 114 valence electrons. The van der Waals surface area contributed by atoms with Gasteiger partial charge in [-0.2, -0.15) is 0 Å². The number of amides is 1. The summed E-state index contributed by atoms with van der Waals surface area (Å²) < 4.78 is 9.49. The molecule has 0 saturated heterocycles. The first-order valence-electron chi connectivity index (χ1n) is 6.39. The fourth-order valence-corrected chi connectivity index (χ4v) is 1.64. The third-order valence-corrected chi connectivity index (χ3v) is 2.71. The van der Waals surface area contributed by atoms with Gasteiger partial charge in [-0.25, -0.2) is 4.79 Å². The molecule has 0 aliphatic heterocycles. The molecule has 1 amide bonds. The fraction of sp³-hybridized carbons (Fsp3) is 0.133. The lowest BCUT2D eigenvalue weighted by atomic mass is 10.1. The molecule has 7 heteroatoms. The molecule has 0 aliphatic carbocycles. The Morgan fingerprint density at radius 1 is 1.41 bits per heavy atom. The molecule has 0 aliphatic rings. The molecule has 1 heterocycles. The van der Waals surface area contributed by atoms with Crippen LogP contribution in [-0.4, -0.2) is 35.8 Å². The molecule has 0 atom stereocenters. The van der Waals surface area contributed by atoms with Gasteiger partial charge in [-0.05, 0) is 12.1 Å². The summed E-state index contributed by atoms with van der Waals surface area (Å²) >= 11 is 0. The highest BCUT2D eigenvalue weighted by Gasteiger charge is 2.13. The Labute approximate surface area is 126 Å². The molecule has 2 N–H and O–H groups in total. The number of benzene rings is 1. The van der Waals surface area contributed by atoms with Crippen LogP contribution >= 0.6 is 0 Å². The number of hydrogen-bond acceptors (Lipinski definition) is 6. The average molecular weight is 302 g/mol. The van der Waals surface area contributed by atoms with E-state index < -0.39 is 11.9 Å². The number of carbonyl (C=O) groups excluding carboxylic acids is 2. The maximum atomic E-state index is 11.8. The number of carbonyl (C=O) groups is 2. The van der Waals surface area contributed by atoms with Crippen molar-refractivity contribution in [2.45, 2.75) is 0 Å². The van der Waals surface area contributed by atoms with Crippen LogP contribution in [0.25, 0.3) is 11.3 Å². The van der Waals surface area contributed by atoms with Crippen molar-refractivity contribution in [3.05, 3.63) is 48.2 Å². The van der Waals surface area contributed by atoms with Gasteiger partial charge in [-0.3, -0.25) is 4.79 Å². The number of phenols is 1. The maximum absolute atomic E-state index is 11.8. The monoisotopic (exact) mass is 302 g/mol. The van der Waals surface area contributed by atoms with Gasteiger partial charge in [0.05, 0.1) is 7.11 Å². The number of ether oxygens (including phenoxy) is 1. The molecule has 0 fully saturated rings. The summed E-state index contributed by atoms with van der Waals surface area (Å²) in [4.78, 5) is 22.7. The van der Waals surface area contributed by atoms with Crippen molar-refractivity contribution in [1.29, 1.82) is 0 Å². The zero-order chi connectivity index (χ0) is 15.9. The number of rotatable bonds is 5. The van der Waals surface area contributed by atoms with E-state index in [0.717, 1.165) is 0 Å². The van der Waals surface area contributed by atoms with Crippen LogP contribution in [0, 0.1) is 0 Å². The van der Waals surface area contributed by atoms with E-state index >= 15 is 0 Å². The topological polar surface area (TPSA) is 102 Å². The standard InChI is InChI=1S/C15H14N2O5/c1-21-14(19)6-3-7-16-15(20)12-9-13(22-17-12)10-4-2-5-11(18)8-10/h2-6,8-9,18H,7H2,1H3,(H,16,20)/b6-3+. The number of methoxy groups -OCH3 is 1. The molecule has 2 rings (SSSR count). The highest BCUT2D eigenvalue weighted by molar-refractivity contribution is 5.93. The zero-order valence-corrected chi connectivity index (χ0v) is 11.8. The lowest BCUT2D eigenvalue weighted by Crippen LogP contribution is -2.23. The van der Waals surface area contributed by atoms with E-state index in [0.29, 0.717) is 11.3 Å². The van der Waals surface area contributed by atoms with Gasteiger partial charge in [0.25, 0.3) is 5.91 Å². The van der Waals surface area contributed by atoms with Crippen molar-refractivity contribution >= 4 is 11.9 Å². The minimum atomic E-state index is -0.498. The van der Waals surface area contributed by atoms with Crippen molar-refractivity contribution in [2.24, 2.45) is 0 Å². The highest BCUT2D eigenvalue weighted by Crippen LogP contribution is 2.23. The summed E-state index contributed by atoms with van der Waals surface area (Å²) in [6.45, 7) is 0.155. The normalized spacial score (nSPS) is 10.6. The maximum Gasteiger partial charge on any atom is 0.330 e. The van der Waals surface area contributed by atoms with Gasteiger partial charge in [0.15, 0.2) is 11.5 Å². The highest BCUT2D eigenvalue weighted by atomic mass is 16.5. The SMILES string of the molecule is COC(=O)/C=C/CNC(=O)c1cc(-c2cccc(O)c2)on1. The molecule has 0 bridgehead atoms. The zero-order valence-electron chi connectivity index (χ0n) is 11.8. The summed E-state index contributed by atoms with van der Waals surface area (Å²) in [5.74, 6) is -0.481. The third-order valence-electron chi connectivity index (χ3n) is 2.71. The van der Waals surface area contributed by atoms with E-state index in [1.54, 1.807) is 12.1 Å². The predicted molar refractivity (Wildman–Crippen MR) is 77.1 cm³/mol. The third kappa shape index (κ3) is 3.95. The first kappa shape index (κ1) is 15.3. The summed E-state index contributed by atoms with van der Waals surface area (Å²) in [5, 5.41) is 15.6. The van der Waals surface area contributed by atoms with Gasteiger partial charge in [-0.15, -0.1) is 0 Å².